The van der Waals surface area contributed by atoms with E-state index in [2.05, 4.69) is 50.3 Å². The highest BCUT2D eigenvalue weighted by Crippen LogP contribution is 2.38. The van der Waals surface area contributed by atoms with Crippen molar-refractivity contribution in [2.45, 2.75) is 167 Å². The Bertz CT molecular complexity index is 1140. The monoisotopic (exact) mass is 808 g/mol. The van der Waals surface area contributed by atoms with E-state index in [1.807, 2.05) is 45.4 Å². The van der Waals surface area contributed by atoms with E-state index in [0.717, 1.165) is 44.9 Å². The van der Waals surface area contributed by atoms with Crippen molar-refractivity contribution in [1.82, 2.24) is 0 Å². The molecule has 10 heteroatoms. The number of aliphatic hydroxyl groups excluding tert-OH is 1. The molecule has 0 rings (SSSR count). The first kappa shape index (κ1) is 53.7. The molecular weight excluding hydrogens is 725 g/mol. The normalized spacial score (nSPS) is 15.0. The van der Waals surface area contributed by atoms with Crippen LogP contribution in [-0.4, -0.2) is 75.3 Å². The van der Waals surface area contributed by atoms with E-state index in [9.17, 15) is 19.4 Å². The van der Waals surface area contributed by atoms with Gasteiger partial charge in [-0.1, -0.05) is 158 Å². The van der Waals surface area contributed by atoms with Crippen molar-refractivity contribution in [3.63, 3.8) is 0 Å². The van der Waals surface area contributed by atoms with Crippen LogP contribution in [0.5, 0.6) is 0 Å². The molecule has 324 valence electrons. The standard InChI is InChI=1S/C46H82NO8P/c1-6-8-10-12-14-16-18-20-21-22-24-26-28-30-32-34-40-52-45(43-55-56(50,51)54-41-39-47(3,4)5)42-53-46(49)38-35-37-44(48)36-33-31-29-27-25-23-19-17-15-13-11-9-7-2/h9,11,15,17,23,25,29,31,33-34,36,40,44-45,48H,6-8,10,12-14,16,18-22,24,26-28,30,32,35,37-39,41-43H2,1-5H3/b11-9-,17-15-,25-23-,31-29-,36-33+,40-34+/t44?,45-/m1/s1. The van der Waals surface area contributed by atoms with Crippen LogP contribution in [0.4, 0.5) is 0 Å². The highest BCUT2D eigenvalue weighted by molar-refractivity contribution is 7.45. The Labute approximate surface area is 343 Å². The summed E-state index contributed by atoms with van der Waals surface area (Å²) in [5.41, 5.74) is 0. The number of phosphoric acid groups is 1. The average molecular weight is 808 g/mol. The molecule has 0 heterocycles. The number of carbonyl (C=O) groups excluding carboxylic acids is 1. The smallest absolute Gasteiger partial charge is 0.305 e. The van der Waals surface area contributed by atoms with Gasteiger partial charge in [-0.3, -0.25) is 9.36 Å². The van der Waals surface area contributed by atoms with Crippen molar-refractivity contribution in [2.24, 2.45) is 0 Å². The summed E-state index contributed by atoms with van der Waals surface area (Å²) in [7, 11) is 1.25. The molecule has 0 amide bonds. The molecule has 0 aliphatic heterocycles. The minimum absolute atomic E-state index is 0.00559. The van der Waals surface area contributed by atoms with Gasteiger partial charge in [0.1, 0.15) is 19.8 Å². The van der Waals surface area contributed by atoms with E-state index < -0.39 is 26.0 Å². The topological polar surface area (TPSA) is 114 Å². The summed E-state index contributed by atoms with van der Waals surface area (Å²) in [6.07, 6.45) is 46.2. The van der Waals surface area contributed by atoms with Crippen LogP contribution in [0, 0.1) is 0 Å². The summed E-state index contributed by atoms with van der Waals surface area (Å²) < 4.78 is 34.2. The Hall–Kier alpha value is -2.26. The van der Waals surface area contributed by atoms with Crippen molar-refractivity contribution in [2.75, 3.05) is 47.5 Å². The van der Waals surface area contributed by atoms with Gasteiger partial charge in [0.05, 0.1) is 40.1 Å². The lowest BCUT2D eigenvalue weighted by molar-refractivity contribution is -0.870. The minimum Gasteiger partial charge on any atom is -0.756 e. The molecule has 2 unspecified atom stereocenters. The van der Waals surface area contributed by atoms with Gasteiger partial charge in [-0.05, 0) is 57.4 Å². The number of carbonyl (C=O) groups is 1. The predicted octanol–water partition coefficient (Wildman–Crippen LogP) is 11.4. The lowest BCUT2D eigenvalue weighted by Gasteiger charge is -2.28. The first-order valence-electron chi connectivity index (χ1n) is 21.8. The van der Waals surface area contributed by atoms with Crippen molar-refractivity contribution >= 4 is 13.8 Å². The van der Waals surface area contributed by atoms with Crippen LogP contribution < -0.4 is 4.89 Å². The van der Waals surface area contributed by atoms with Gasteiger partial charge in [0.25, 0.3) is 7.82 Å². The second-order valence-electron chi connectivity index (χ2n) is 15.6. The van der Waals surface area contributed by atoms with Gasteiger partial charge < -0.3 is 33.0 Å². The van der Waals surface area contributed by atoms with Gasteiger partial charge in [-0.25, -0.2) is 0 Å². The van der Waals surface area contributed by atoms with Crippen molar-refractivity contribution < 1.29 is 42.4 Å². The number of likely N-dealkylation sites (N-methyl/N-ethyl adjacent to an activating group) is 1. The Kier molecular flexibility index (Phi) is 36.7. The lowest BCUT2D eigenvalue weighted by atomic mass is 10.0. The van der Waals surface area contributed by atoms with Gasteiger partial charge in [-0.15, -0.1) is 0 Å². The molecule has 0 aromatic carbocycles. The number of unbranched alkanes of at least 4 members (excludes halogenated alkanes) is 14. The van der Waals surface area contributed by atoms with Crippen molar-refractivity contribution in [3.05, 3.63) is 73.1 Å². The second kappa shape index (κ2) is 38.3. The van der Waals surface area contributed by atoms with E-state index >= 15 is 0 Å². The Morgan fingerprint density at radius 1 is 0.696 bits per heavy atom. The Balaban J connectivity index is 4.49. The van der Waals surface area contributed by atoms with Gasteiger partial charge in [0, 0.05) is 6.42 Å². The van der Waals surface area contributed by atoms with E-state index in [1.165, 1.54) is 83.3 Å². The second-order valence-corrected chi connectivity index (χ2v) is 17.0. The predicted molar refractivity (Wildman–Crippen MR) is 232 cm³/mol. The van der Waals surface area contributed by atoms with E-state index in [4.69, 9.17) is 18.5 Å². The summed E-state index contributed by atoms with van der Waals surface area (Å²) in [5, 5.41) is 10.3. The zero-order chi connectivity index (χ0) is 41.4. The van der Waals surface area contributed by atoms with Crippen LogP contribution in [0.25, 0.3) is 0 Å². The van der Waals surface area contributed by atoms with Crippen LogP contribution >= 0.6 is 7.82 Å². The Morgan fingerprint density at radius 2 is 1.25 bits per heavy atom. The van der Waals surface area contributed by atoms with E-state index in [-0.39, 0.29) is 26.2 Å². The lowest BCUT2D eigenvalue weighted by Crippen LogP contribution is -2.37. The maximum atomic E-state index is 12.5. The van der Waals surface area contributed by atoms with E-state index in [1.54, 1.807) is 6.08 Å². The summed E-state index contributed by atoms with van der Waals surface area (Å²) in [5.74, 6) is -0.454. The quantitative estimate of drug-likeness (QED) is 0.0124. The number of hydrogen-bond donors (Lipinski definition) is 1. The number of hydrogen-bond acceptors (Lipinski definition) is 8. The van der Waals surface area contributed by atoms with Crippen LogP contribution in [0.15, 0.2) is 73.1 Å². The third-order valence-corrected chi connectivity index (χ3v) is 9.93. The molecule has 0 radical (unpaired) electrons. The highest BCUT2D eigenvalue weighted by Gasteiger charge is 2.19. The average Bonchev–Trinajstić information content (AvgIpc) is 3.14. The van der Waals surface area contributed by atoms with Gasteiger partial charge in [0.15, 0.2) is 6.10 Å². The maximum absolute atomic E-state index is 12.5. The fraction of sp³-hybridized carbons (Fsp3) is 0.717. The number of rotatable bonds is 39. The van der Waals surface area contributed by atoms with Crippen molar-refractivity contribution in [3.8, 4) is 0 Å². The zero-order valence-corrected chi connectivity index (χ0v) is 37.1. The number of esters is 1. The highest BCUT2D eigenvalue weighted by atomic mass is 31.2. The van der Waals surface area contributed by atoms with Crippen LogP contribution in [0.1, 0.15) is 155 Å². The molecule has 0 spiro atoms. The molecule has 0 fully saturated rings. The number of aliphatic hydroxyl groups is 1. The van der Waals surface area contributed by atoms with E-state index in [0.29, 0.717) is 23.9 Å². The number of phosphoric ester groups is 1. The summed E-state index contributed by atoms with van der Waals surface area (Å²) in [6, 6.07) is 0. The fourth-order valence-corrected chi connectivity index (χ4v) is 6.23. The maximum Gasteiger partial charge on any atom is 0.305 e. The number of ether oxygens (including phenoxy) is 2. The van der Waals surface area contributed by atoms with Crippen molar-refractivity contribution in [1.29, 1.82) is 0 Å². The van der Waals surface area contributed by atoms with Gasteiger partial charge in [-0.2, -0.15) is 0 Å². The molecule has 0 aliphatic carbocycles. The molecule has 9 nitrogen and oxygen atoms in total. The third-order valence-electron chi connectivity index (χ3n) is 8.97. The summed E-state index contributed by atoms with van der Waals surface area (Å²) in [6.45, 7) is 4.36. The molecule has 0 saturated heterocycles. The molecule has 0 aromatic rings. The molecule has 1 N–H and O–H groups in total. The van der Waals surface area contributed by atoms with Crippen LogP contribution in [-0.2, 0) is 27.9 Å². The molecular formula is C46H82NO8P. The third kappa shape index (κ3) is 41.4. The molecule has 3 atom stereocenters. The number of quaternary nitrogens is 1. The van der Waals surface area contributed by atoms with Crippen LogP contribution in [0.2, 0.25) is 0 Å². The molecule has 0 saturated carbocycles. The first-order valence-corrected chi connectivity index (χ1v) is 23.3. The minimum atomic E-state index is -4.56. The Morgan fingerprint density at radius 3 is 1.82 bits per heavy atom. The number of nitrogens with zero attached hydrogens (tertiary/aromatic N) is 1. The SMILES string of the molecule is CC/C=C\C/C=C\C/C=C\C/C=C\C=C\C(O)CCCC(=O)OC[C@H](COP(=O)([O-])OCC[N+](C)(C)C)O/C=C/CCCCCCCCCCCCCCCC. The molecule has 56 heavy (non-hydrogen) atoms. The molecule has 0 aliphatic rings. The van der Waals surface area contributed by atoms with Gasteiger partial charge in [0.2, 0.25) is 0 Å². The first-order chi connectivity index (χ1) is 27.0. The molecule has 0 aromatic heterocycles. The molecule has 0 bridgehead atoms. The largest absolute Gasteiger partial charge is 0.756 e. The zero-order valence-electron chi connectivity index (χ0n) is 36.2. The van der Waals surface area contributed by atoms with Gasteiger partial charge >= 0.3 is 5.97 Å². The number of allylic oxidation sites excluding steroid dienone is 10. The summed E-state index contributed by atoms with van der Waals surface area (Å²) >= 11 is 0. The van der Waals surface area contributed by atoms with Crippen LogP contribution in [0.3, 0.4) is 0 Å². The summed E-state index contributed by atoms with van der Waals surface area (Å²) in [4.78, 5) is 24.8. The fourth-order valence-electron chi connectivity index (χ4n) is 5.50.